The SMILES string of the molecule is CN1C/C=C/CCCCN2C[C@@]3(CCCc4cc(Cl)ccc43)COc3ccc(cc32)[C@@H](C(=O)O)CC1=O. The number of carbonyl (C=O) groups excluding carboxylic acids is 1. The first-order valence-corrected chi connectivity index (χ1v) is 13.7. The quantitative estimate of drug-likeness (QED) is 0.496. The van der Waals surface area contributed by atoms with Crippen LogP contribution in [0.15, 0.2) is 48.6 Å². The molecule has 0 radical (unpaired) electrons. The second-order valence-electron chi connectivity index (χ2n) is 10.7. The summed E-state index contributed by atoms with van der Waals surface area (Å²) >= 11 is 6.35. The number of aryl methyl sites for hydroxylation is 1. The summed E-state index contributed by atoms with van der Waals surface area (Å²) in [5.74, 6) is -1.30. The number of hydrogen-bond acceptors (Lipinski definition) is 4. The van der Waals surface area contributed by atoms with Gasteiger partial charge in [-0.3, -0.25) is 9.59 Å². The Labute approximate surface area is 223 Å². The van der Waals surface area contributed by atoms with Gasteiger partial charge in [0.15, 0.2) is 0 Å². The third-order valence-electron chi connectivity index (χ3n) is 8.16. The molecule has 1 amide bonds. The molecule has 0 fully saturated rings. The molecule has 196 valence electrons. The highest BCUT2D eigenvalue weighted by Gasteiger charge is 2.42. The minimum absolute atomic E-state index is 0.0720. The molecule has 5 rings (SSSR count). The molecule has 37 heavy (non-hydrogen) atoms. The van der Waals surface area contributed by atoms with Crippen LogP contribution < -0.4 is 9.64 Å². The van der Waals surface area contributed by atoms with E-state index >= 15 is 0 Å². The van der Waals surface area contributed by atoms with Crippen molar-refractivity contribution in [3.63, 3.8) is 0 Å². The van der Waals surface area contributed by atoms with E-state index in [-0.39, 0.29) is 17.7 Å². The van der Waals surface area contributed by atoms with Gasteiger partial charge in [-0.2, -0.15) is 0 Å². The Kier molecular flexibility index (Phi) is 7.47. The first kappa shape index (κ1) is 25.7. The Morgan fingerprint density at radius 1 is 1.14 bits per heavy atom. The molecular weight excluding hydrogens is 488 g/mol. The molecule has 0 aromatic heterocycles. The van der Waals surface area contributed by atoms with Crippen molar-refractivity contribution in [2.75, 3.05) is 38.2 Å². The molecule has 6 nitrogen and oxygen atoms in total. The Hall–Kier alpha value is -2.99. The van der Waals surface area contributed by atoms with E-state index in [1.54, 1.807) is 11.9 Å². The van der Waals surface area contributed by atoms with Crippen LogP contribution >= 0.6 is 11.6 Å². The topological polar surface area (TPSA) is 70.1 Å². The largest absolute Gasteiger partial charge is 0.490 e. The van der Waals surface area contributed by atoms with E-state index in [1.807, 2.05) is 30.3 Å². The Balaban J connectivity index is 1.55. The van der Waals surface area contributed by atoms with Crippen LogP contribution in [-0.4, -0.2) is 55.2 Å². The maximum atomic E-state index is 12.8. The van der Waals surface area contributed by atoms with E-state index < -0.39 is 11.9 Å². The lowest BCUT2D eigenvalue weighted by molar-refractivity contribution is -0.142. The molecule has 1 aliphatic carbocycles. The van der Waals surface area contributed by atoms with Crippen molar-refractivity contribution in [1.29, 1.82) is 0 Å². The summed E-state index contributed by atoms with van der Waals surface area (Å²) < 4.78 is 6.50. The van der Waals surface area contributed by atoms with Crippen LogP contribution in [-0.2, 0) is 21.4 Å². The average Bonchev–Trinajstić information content (AvgIpc) is 3.03. The van der Waals surface area contributed by atoms with Gasteiger partial charge in [0.1, 0.15) is 5.75 Å². The van der Waals surface area contributed by atoms with Gasteiger partial charge in [-0.1, -0.05) is 35.9 Å². The van der Waals surface area contributed by atoms with E-state index in [0.29, 0.717) is 18.7 Å². The first-order valence-electron chi connectivity index (χ1n) is 13.3. The number of rotatable bonds is 1. The van der Waals surface area contributed by atoms with Crippen molar-refractivity contribution in [3.05, 3.63) is 70.3 Å². The zero-order valence-corrected chi connectivity index (χ0v) is 22.2. The number of amides is 1. The number of anilines is 1. The molecule has 1 N–H and O–H groups in total. The molecule has 2 aromatic carbocycles. The third-order valence-corrected chi connectivity index (χ3v) is 8.40. The summed E-state index contributed by atoms with van der Waals surface area (Å²) in [5.41, 5.74) is 4.01. The fourth-order valence-corrected chi connectivity index (χ4v) is 6.27. The molecule has 0 unspecified atom stereocenters. The second-order valence-corrected chi connectivity index (χ2v) is 11.1. The smallest absolute Gasteiger partial charge is 0.311 e. The number of ether oxygens (including phenoxy) is 1. The fourth-order valence-electron chi connectivity index (χ4n) is 6.08. The summed E-state index contributed by atoms with van der Waals surface area (Å²) in [6, 6.07) is 11.9. The first-order chi connectivity index (χ1) is 17.9. The molecule has 2 aromatic rings. The number of halogens is 1. The normalized spacial score (nSPS) is 25.4. The van der Waals surface area contributed by atoms with Crippen LogP contribution in [0.2, 0.25) is 5.02 Å². The van der Waals surface area contributed by atoms with Gasteiger partial charge in [-0.05, 0) is 79.5 Å². The molecule has 2 bridgehead atoms. The third kappa shape index (κ3) is 5.35. The van der Waals surface area contributed by atoms with Gasteiger partial charge in [0.2, 0.25) is 5.91 Å². The van der Waals surface area contributed by atoms with Crippen LogP contribution in [0.1, 0.15) is 61.1 Å². The van der Waals surface area contributed by atoms with Crippen molar-refractivity contribution < 1.29 is 19.4 Å². The standard InChI is InChI=1S/C30H35ClN2O4/c1-32-14-5-3-2-4-6-15-33-19-30(13-7-8-22-16-23(31)10-11-25(22)30)20-37-27-12-9-21(17-26(27)33)24(29(35)36)18-28(32)34/h3,5,9-12,16-17,24H,2,4,6-8,13-15,18-20H2,1H3,(H,35,36)/b5-3+/t24-,30-/m0/s1. The summed E-state index contributed by atoms with van der Waals surface area (Å²) in [5, 5.41) is 10.8. The van der Waals surface area contributed by atoms with Crippen molar-refractivity contribution in [2.45, 2.75) is 56.3 Å². The van der Waals surface area contributed by atoms with Gasteiger partial charge in [0.05, 0.1) is 18.2 Å². The fraction of sp³-hybridized carbons (Fsp3) is 0.467. The number of carboxylic acids is 1. The number of hydrogen-bond donors (Lipinski definition) is 1. The molecule has 1 spiro atoms. The molecule has 2 atom stereocenters. The minimum Gasteiger partial charge on any atom is -0.490 e. The van der Waals surface area contributed by atoms with Crippen molar-refractivity contribution in [2.24, 2.45) is 0 Å². The number of benzene rings is 2. The van der Waals surface area contributed by atoms with Gasteiger partial charge in [-0.25, -0.2) is 0 Å². The van der Waals surface area contributed by atoms with Gasteiger partial charge < -0.3 is 19.6 Å². The van der Waals surface area contributed by atoms with Gasteiger partial charge in [0.25, 0.3) is 0 Å². The van der Waals surface area contributed by atoms with E-state index in [2.05, 4.69) is 23.1 Å². The van der Waals surface area contributed by atoms with Crippen LogP contribution in [0, 0.1) is 0 Å². The zero-order chi connectivity index (χ0) is 26.0. The highest BCUT2D eigenvalue weighted by molar-refractivity contribution is 6.30. The predicted molar refractivity (Wildman–Crippen MR) is 146 cm³/mol. The number of carboxylic acid groups (broad SMARTS) is 1. The summed E-state index contributed by atoms with van der Waals surface area (Å²) in [7, 11) is 1.73. The average molecular weight is 523 g/mol. The number of allylic oxidation sites excluding steroid dienone is 1. The Morgan fingerprint density at radius 2 is 2.00 bits per heavy atom. The van der Waals surface area contributed by atoms with Gasteiger partial charge in [0, 0.05) is 43.5 Å². The number of fused-ring (bicyclic) bond motifs is 3. The molecule has 0 saturated carbocycles. The highest BCUT2D eigenvalue weighted by atomic mass is 35.5. The summed E-state index contributed by atoms with van der Waals surface area (Å²) in [6.45, 7) is 2.71. The van der Waals surface area contributed by atoms with Crippen LogP contribution in [0.5, 0.6) is 5.75 Å². The maximum Gasteiger partial charge on any atom is 0.311 e. The molecule has 3 aliphatic rings. The summed E-state index contributed by atoms with van der Waals surface area (Å²) in [4.78, 5) is 29.1. The van der Waals surface area contributed by atoms with Crippen molar-refractivity contribution in [3.8, 4) is 5.75 Å². The van der Waals surface area contributed by atoms with E-state index in [9.17, 15) is 14.7 Å². The van der Waals surface area contributed by atoms with Gasteiger partial charge >= 0.3 is 5.97 Å². The second kappa shape index (κ2) is 10.8. The molecule has 7 heteroatoms. The van der Waals surface area contributed by atoms with Crippen LogP contribution in [0.4, 0.5) is 5.69 Å². The number of aliphatic carboxylic acids is 1. The highest BCUT2D eigenvalue weighted by Crippen LogP contribution is 2.45. The Morgan fingerprint density at radius 3 is 2.84 bits per heavy atom. The monoisotopic (exact) mass is 522 g/mol. The van der Waals surface area contributed by atoms with E-state index in [4.69, 9.17) is 16.3 Å². The minimum atomic E-state index is -0.989. The molecule has 2 aliphatic heterocycles. The predicted octanol–water partition coefficient (Wildman–Crippen LogP) is 5.57. The van der Waals surface area contributed by atoms with E-state index in [1.165, 1.54) is 11.1 Å². The number of nitrogens with zero attached hydrogens (tertiary/aromatic N) is 2. The lowest BCUT2D eigenvalue weighted by Crippen LogP contribution is -2.46. The lowest BCUT2D eigenvalue weighted by Gasteiger charge is -2.41. The Bertz CT molecular complexity index is 1210. The van der Waals surface area contributed by atoms with E-state index in [0.717, 1.165) is 68.1 Å². The molecule has 2 heterocycles. The summed E-state index contributed by atoms with van der Waals surface area (Å²) in [6.07, 6.45) is 10.2. The maximum absolute atomic E-state index is 12.8. The molecular formula is C30H35ClN2O4. The van der Waals surface area contributed by atoms with Crippen LogP contribution in [0.3, 0.4) is 0 Å². The lowest BCUT2D eigenvalue weighted by atomic mass is 9.70. The number of carbonyl (C=O) groups is 2. The van der Waals surface area contributed by atoms with Crippen molar-refractivity contribution in [1.82, 2.24) is 4.90 Å². The van der Waals surface area contributed by atoms with Gasteiger partial charge in [-0.15, -0.1) is 0 Å². The van der Waals surface area contributed by atoms with Crippen molar-refractivity contribution >= 4 is 29.2 Å². The zero-order valence-electron chi connectivity index (χ0n) is 21.4. The van der Waals surface area contributed by atoms with Crippen LogP contribution in [0.25, 0.3) is 0 Å². The number of likely N-dealkylation sites (N-methyl/N-ethyl adjacent to an activating group) is 1. The molecule has 0 saturated heterocycles.